The van der Waals surface area contributed by atoms with Gasteiger partial charge < -0.3 is 9.47 Å². The van der Waals surface area contributed by atoms with Crippen LogP contribution in [0.4, 0.5) is 8.78 Å². The van der Waals surface area contributed by atoms with Crippen LogP contribution in [0.3, 0.4) is 0 Å². The summed E-state index contributed by atoms with van der Waals surface area (Å²) in [5, 5.41) is 0.626. The minimum absolute atomic E-state index is 0.00974. The highest BCUT2D eigenvalue weighted by Crippen LogP contribution is 2.39. The Bertz CT molecular complexity index is 1110. The van der Waals surface area contributed by atoms with E-state index < -0.39 is 12.0 Å². The molecule has 1 aliphatic heterocycles. The van der Waals surface area contributed by atoms with Crippen molar-refractivity contribution in [2.24, 2.45) is 15.9 Å². The molecule has 1 aliphatic rings. The molecule has 36 heavy (non-hydrogen) atoms. The summed E-state index contributed by atoms with van der Waals surface area (Å²) in [5.74, 6) is 1.56. The highest BCUT2D eigenvalue weighted by atomic mass is 35.5. The van der Waals surface area contributed by atoms with Crippen LogP contribution in [0.5, 0.6) is 0 Å². The molecule has 0 aliphatic carbocycles. The maximum absolute atomic E-state index is 13.1. The van der Waals surface area contributed by atoms with Gasteiger partial charge in [0.05, 0.1) is 13.2 Å². The van der Waals surface area contributed by atoms with E-state index in [4.69, 9.17) is 31.1 Å². The maximum atomic E-state index is 13.1. The van der Waals surface area contributed by atoms with Gasteiger partial charge in [-0.2, -0.15) is 0 Å². The first kappa shape index (κ1) is 28.5. The average Bonchev–Trinajstić information content (AvgIpc) is 2.81. The molecular weight excluding hydrogens is 502 g/mol. The summed E-state index contributed by atoms with van der Waals surface area (Å²) in [6.07, 6.45) is -1.86. The summed E-state index contributed by atoms with van der Waals surface area (Å²) >= 11 is 8.13. The van der Waals surface area contributed by atoms with Crippen LogP contribution >= 0.6 is 23.4 Å². The Labute approximate surface area is 222 Å². The zero-order chi connectivity index (χ0) is 26.5. The number of rotatable bonds is 9. The molecule has 0 radical (unpaired) electrons. The Kier molecular flexibility index (Phi) is 9.81. The summed E-state index contributed by atoms with van der Waals surface area (Å²) in [5.41, 5.74) is 0.312. The molecule has 1 heterocycles. The fraction of sp³-hybridized carbons (Fsp3) is 0.500. The largest absolute Gasteiger partial charge is 0.480 e. The molecule has 0 N–H and O–H groups in total. The molecule has 1 unspecified atom stereocenters. The van der Waals surface area contributed by atoms with Gasteiger partial charge in [0.1, 0.15) is 11.6 Å². The maximum Gasteiger partial charge on any atom is 0.263 e. The number of aliphatic imine (C=N–C) groups is 2. The zero-order valence-electron chi connectivity index (χ0n) is 21.7. The van der Waals surface area contributed by atoms with Crippen molar-refractivity contribution in [2.75, 3.05) is 13.2 Å². The fourth-order valence-electron chi connectivity index (χ4n) is 4.37. The second-order valence-corrected chi connectivity index (χ2v) is 11.0. The van der Waals surface area contributed by atoms with Gasteiger partial charge in [-0.15, -0.1) is 0 Å². The highest BCUT2D eigenvalue weighted by molar-refractivity contribution is 7.99. The second-order valence-electron chi connectivity index (χ2n) is 9.48. The van der Waals surface area contributed by atoms with Crippen molar-refractivity contribution in [3.63, 3.8) is 0 Å². The molecule has 2 aromatic rings. The van der Waals surface area contributed by atoms with E-state index in [0.29, 0.717) is 36.5 Å². The molecule has 2 aromatic carbocycles. The first-order valence-corrected chi connectivity index (χ1v) is 13.6. The van der Waals surface area contributed by atoms with Gasteiger partial charge >= 0.3 is 0 Å². The number of ether oxygens (including phenoxy) is 2. The van der Waals surface area contributed by atoms with E-state index in [1.807, 2.05) is 45.0 Å². The molecule has 0 fully saturated rings. The van der Waals surface area contributed by atoms with Crippen molar-refractivity contribution in [1.29, 1.82) is 0 Å². The van der Waals surface area contributed by atoms with E-state index in [0.717, 1.165) is 15.4 Å². The molecule has 196 valence electrons. The molecule has 0 aromatic heterocycles. The third-order valence-electron chi connectivity index (χ3n) is 6.08. The Morgan fingerprint density at radius 2 is 1.72 bits per heavy atom. The number of hydrogen-bond acceptors (Lipinski definition) is 5. The number of nitrogens with zero attached hydrogens (tertiary/aromatic N) is 2. The van der Waals surface area contributed by atoms with Gasteiger partial charge in [-0.05, 0) is 68.9 Å². The van der Waals surface area contributed by atoms with Crippen LogP contribution in [0, 0.1) is 5.92 Å². The number of halogens is 3. The molecular formula is C28H35ClF2N2O2S. The Morgan fingerprint density at radius 3 is 2.33 bits per heavy atom. The summed E-state index contributed by atoms with van der Waals surface area (Å²) in [6, 6.07) is 12.1. The van der Waals surface area contributed by atoms with Crippen molar-refractivity contribution in [3.05, 3.63) is 58.6 Å². The SMILES string of the molecule is CCOC1=NC(C)(C[C@@H](C)c2ccc(Sc3cccc(C(F)F)c3)cc2Cl)C(OCC)=N[C@H]1C(C)C. The summed E-state index contributed by atoms with van der Waals surface area (Å²) in [7, 11) is 0. The molecule has 8 heteroatoms. The molecule has 0 spiro atoms. The van der Waals surface area contributed by atoms with Crippen molar-refractivity contribution in [3.8, 4) is 0 Å². The van der Waals surface area contributed by atoms with Crippen LogP contribution in [0.1, 0.15) is 71.4 Å². The van der Waals surface area contributed by atoms with Gasteiger partial charge in [-0.25, -0.2) is 18.8 Å². The van der Waals surface area contributed by atoms with E-state index >= 15 is 0 Å². The third kappa shape index (κ3) is 6.80. The molecule has 4 nitrogen and oxygen atoms in total. The first-order chi connectivity index (χ1) is 17.1. The van der Waals surface area contributed by atoms with Crippen molar-refractivity contribution < 1.29 is 18.3 Å². The van der Waals surface area contributed by atoms with E-state index in [1.165, 1.54) is 23.9 Å². The van der Waals surface area contributed by atoms with Crippen molar-refractivity contribution >= 4 is 35.2 Å². The van der Waals surface area contributed by atoms with Gasteiger partial charge in [0.15, 0.2) is 0 Å². The highest BCUT2D eigenvalue weighted by Gasteiger charge is 2.41. The minimum atomic E-state index is -2.50. The van der Waals surface area contributed by atoms with Gasteiger partial charge in [0.25, 0.3) is 6.43 Å². The predicted octanol–water partition coefficient (Wildman–Crippen LogP) is 8.59. The van der Waals surface area contributed by atoms with E-state index in [9.17, 15) is 8.78 Å². The van der Waals surface area contributed by atoms with Gasteiger partial charge in [0, 0.05) is 20.4 Å². The number of benzene rings is 2. The Hall–Kier alpha value is -2.12. The number of alkyl halides is 2. The standard InChI is InChI=1S/C28H35ClF2N2O2S/c1-7-34-26-24(17(3)4)32-27(35-8-2)28(6,33-26)16-18(5)22-13-12-21(15-23(22)29)36-20-11-9-10-19(14-20)25(30)31/h9-15,17-18,24-25H,7-8,16H2,1-6H3/t18-,24+,28?/m1/s1. The molecule has 3 atom stereocenters. The van der Waals surface area contributed by atoms with Crippen LogP contribution < -0.4 is 0 Å². The lowest BCUT2D eigenvalue weighted by Gasteiger charge is -2.36. The van der Waals surface area contributed by atoms with E-state index in [1.54, 1.807) is 6.07 Å². The van der Waals surface area contributed by atoms with Crippen LogP contribution in [0.2, 0.25) is 5.02 Å². The van der Waals surface area contributed by atoms with Crippen LogP contribution in [0.15, 0.2) is 62.2 Å². The molecule has 3 rings (SSSR count). The monoisotopic (exact) mass is 536 g/mol. The van der Waals surface area contributed by atoms with E-state index in [2.05, 4.69) is 20.8 Å². The lowest BCUT2D eigenvalue weighted by Crippen LogP contribution is -2.46. The Balaban J connectivity index is 1.83. The van der Waals surface area contributed by atoms with Gasteiger partial charge in [0.2, 0.25) is 11.8 Å². The van der Waals surface area contributed by atoms with Gasteiger partial charge in [-0.1, -0.05) is 62.3 Å². The lowest BCUT2D eigenvalue weighted by molar-refractivity contribution is 0.151. The predicted molar refractivity (Wildman–Crippen MR) is 145 cm³/mol. The van der Waals surface area contributed by atoms with Crippen molar-refractivity contribution in [1.82, 2.24) is 0 Å². The van der Waals surface area contributed by atoms with Crippen molar-refractivity contribution in [2.45, 2.75) is 81.7 Å². The smallest absolute Gasteiger partial charge is 0.263 e. The first-order valence-electron chi connectivity index (χ1n) is 12.4. The summed E-state index contributed by atoms with van der Waals surface area (Å²) in [6.45, 7) is 13.3. The van der Waals surface area contributed by atoms with Crippen LogP contribution in [0.25, 0.3) is 0 Å². The molecule has 0 bridgehead atoms. The third-order valence-corrected chi connectivity index (χ3v) is 7.39. The topological polar surface area (TPSA) is 43.2 Å². The van der Waals surface area contributed by atoms with E-state index in [-0.39, 0.29) is 23.4 Å². The average molecular weight is 537 g/mol. The molecule has 0 amide bonds. The fourth-order valence-corrected chi connectivity index (χ4v) is 5.73. The second kappa shape index (κ2) is 12.4. The molecule has 0 saturated heterocycles. The minimum Gasteiger partial charge on any atom is -0.480 e. The lowest BCUT2D eigenvalue weighted by atomic mass is 9.84. The zero-order valence-corrected chi connectivity index (χ0v) is 23.3. The number of hydrogen-bond donors (Lipinski definition) is 0. The normalized spacial score (nSPS) is 20.8. The summed E-state index contributed by atoms with van der Waals surface area (Å²) in [4.78, 5) is 11.6. The summed E-state index contributed by atoms with van der Waals surface area (Å²) < 4.78 is 38.0. The molecule has 0 saturated carbocycles. The van der Waals surface area contributed by atoms with Crippen LogP contribution in [-0.4, -0.2) is 36.6 Å². The Morgan fingerprint density at radius 1 is 1.03 bits per heavy atom. The van der Waals surface area contributed by atoms with Crippen LogP contribution in [-0.2, 0) is 9.47 Å². The van der Waals surface area contributed by atoms with Gasteiger partial charge in [-0.3, -0.25) is 0 Å². The quantitative estimate of drug-likeness (QED) is 0.322.